The van der Waals surface area contributed by atoms with Crippen LogP contribution in [0.4, 0.5) is 4.39 Å². The normalized spacial score (nSPS) is 10.2. The van der Waals surface area contributed by atoms with E-state index < -0.39 is 17.4 Å². The summed E-state index contributed by atoms with van der Waals surface area (Å²) in [7, 11) is 0. The Labute approximate surface area is 96.0 Å². The molecule has 0 bridgehead atoms. The molecule has 80 valence electrons. The second kappa shape index (κ2) is 4.29. The maximum atomic E-state index is 13.2. The minimum Gasteiger partial charge on any atom is -0.294 e. The topological polar surface area (TPSA) is 34.1 Å². The fraction of sp³-hybridized carbons (Fsp3) is 0.200. The van der Waals surface area contributed by atoms with Gasteiger partial charge in [0.2, 0.25) is 0 Å². The largest absolute Gasteiger partial charge is 0.294 e. The van der Waals surface area contributed by atoms with Crippen molar-refractivity contribution in [3.63, 3.8) is 0 Å². The molecule has 0 unspecified atom stereocenters. The van der Waals surface area contributed by atoms with E-state index in [0.717, 1.165) is 6.07 Å². The van der Waals surface area contributed by atoms with E-state index in [1.165, 1.54) is 13.8 Å². The molecule has 15 heavy (non-hydrogen) atoms. The molecule has 1 aromatic rings. The van der Waals surface area contributed by atoms with Gasteiger partial charge in [-0.1, -0.05) is 23.2 Å². The molecule has 0 aliphatic heterocycles. The molecule has 0 amide bonds. The summed E-state index contributed by atoms with van der Waals surface area (Å²) >= 11 is 11.4. The van der Waals surface area contributed by atoms with Gasteiger partial charge in [0.1, 0.15) is 5.82 Å². The first-order chi connectivity index (χ1) is 6.86. The van der Waals surface area contributed by atoms with Gasteiger partial charge in [-0.05, 0) is 19.9 Å². The highest BCUT2D eigenvalue weighted by Crippen LogP contribution is 2.31. The molecule has 0 heterocycles. The van der Waals surface area contributed by atoms with Crippen molar-refractivity contribution in [2.24, 2.45) is 0 Å². The highest BCUT2D eigenvalue weighted by molar-refractivity contribution is 6.41. The van der Waals surface area contributed by atoms with Crippen molar-refractivity contribution < 1.29 is 14.0 Å². The number of carbonyl (C=O) groups excluding carboxylic acids is 2. The predicted molar refractivity (Wildman–Crippen MR) is 56.4 cm³/mol. The first-order valence-corrected chi connectivity index (χ1v) is 4.81. The van der Waals surface area contributed by atoms with Crippen LogP contribution in [0.5, 0.6) is 0 Å². The van der Waals surface area contributed by atoms with Gasteiger partial charge in [0.05, 0.1) is 15.6 Å². The molecule has 5 heteroatoms. The van der Waals surface area contributed by atoms with Crippen molar-refractivity contribution in [2.45, 2.75) is 13.8 Å². The van der Waals surface area contributed by atoms with E-state index >= 15 is 0 Å². The van der Waals surface area contributed by atoms with Crippen LogP contribution in [-0.4, -0.2) is 11.6 Å². The van der Waals surface area contributed by atoms with Gasteiger partial charge in [-0.15, -0.1) is 0 Å². The molecule has 2 nitrogen and oxygen atoms in total. The molecule has 0 spiro atoms. The van der Waals surface area contributed by atoms with Crippen LogP contribution < -0.4 is 0 Å². The molecule has 1 aromatic carbocycles. The lowest BCUT2D eigenvalue weighted by atomic mass is 10.0. The lowest BCUT2D eigenvalue weighted by Crippen LogP contribution is -2.04. The maximum Gasteiger partial charge on any atom is 0.162 e. The average Bonchev–Trinajstić information content (AvgIpc) is 2.10. The van der Waals surface area contributed by atoms with E-state index in [0.29, 0.717) is 0 Å². The Morgan fingerprint density at radius 2 is 1.67 bits per heavy atom. The molecule has 1 rings (SSSR count). The van der Waals surface area contributed by atoms with Crippen molar-refractivity contribution in [2.75, 3.05) is 0 Å². The zero-order valence-electron chi connectivity index (χ0n) is 8.03. The predicted octanol–water partition coefficient (Wildman–Crippen LogP) is 3.54. The van der Waals surface area contributed by atoms with Gasteiger partial charge in [0.25, 0.3) is 0 Å². The lowest BCUT2D eigenvalue weighted by Gasteiger charge is -2.08. The summed E-state index contributed by atoms with van der Waals surface area (Å²) in [5, 5.41) is -0.445. The molecule has 0 aliphatic rings. The Balaban J connectivity index is 3.63. The monoisotopic (exact) mass is 248 g/mol. The summed E-state index contributed by atoms with van der Waals surface area (Å²) in [6.07, 6.45) is 0. The number of ketones is 2. The van der Waals surface area contributed by atoms with Crippen LogP contribution in [0.1, 0.15) is 34.6 Å². The summed E-state index contributed by atoms with van der Waals surface area (Å²) in [5.74, 6) is -1.72. The van der Waals surface area contributed by atoms with Gasteiger partial charge < -0.3 is 0 Å². The Hall–Kier alpha value is -0.930. The molecule has 0 saturated carbocycles. The van der Waals surface area contributed by atoms with Crippen LogP contribution in [-0.2, 0) is 0 Å². The van der Waals surface area contributed by atoms with Gasteiger partial charge in [-0.25, -0.2) is 4.39 Å². The third-order valence-electron chi connectivity index (χ3n) is 1.89. The molecule has 0 N–H and O–H groups in total. The second-order valence-corrected chi connectivity index (χ2v) is 3.78. The highest BCUT2D eigenvalue weighted by atomic mass is 35.5. The summed E-state index contributed by atoms with van der Waals surface area (Å²) in [6.45, 7) is 2.44. The molecular formula is C10H7Cl2FO2. The third kappa shape index (κ3) is 2.19. The average molecular weight is 249 g/mol. The van der Waals surface area contributed by atoms with Crippen molar-refractivity contribution in [1.29, 1.82) is 0 Å². The minimum absolute atomic E-state index is 0.0382. The second-order valence-electron chi connectivity index (χ2n) is 3.02. The van der Waals surface area contributed by atoms with Gasteiger partial charge in [-0.3, -0.25) is 9.59 Å². The zero-order valence-corrected chi connectivity index (χ0v) is 9.54. The van der Waals surface area contributed by atoms with Crippen LogP contribution in [0.25, 0.3) is 0 Å². The Kier molecular flexibility index (Phi) is 3.47. The van der Waals surface area contributed by atoms with Crippen molar-refractivity contribution in [1.82, 2.24) is 0 Å². The summed E-state index contributed by atoms with van der Waals surface area (Å²) in [4.78, 5) is 22.3. The quantitative estimate of drug-likeness (QED) is 0.593. The standard InChI is InChI=1S/C10H7Cl2FO2/c1-4(14)6-3-7(13)10(12)8(5(2)15)9(6)11/h3H,1-2H3. The Morgan fingerprint density at radius 1 is 1.13 bits per heavy atom. The number of carbonyl (C=O) groups is 2. The molecule has 0 radical (unpaired) electrons. The minimum atomic E-state index is -0.823. The number of rotatable bonds is 2. The van der Waals surface area contributed by atoms with Crippen LogP contribution in [0.2, 0.25) is 10.0 Å². The van der Waals surface area contributed by atoms with Crippen LogP contribution in [0.15, 0.2) is 6.07 Å². The summed E-state index contributed by atoms with van der Waals surface area (Å²) < 4.78 is 13.2. The van der Waals surface area contributed by atoms with Crippen LogP contribution in [0.3, 0.4) is 0 Å². The first kappa shape index (κ1) is 12.1. The van der Waals surface area contributed by atoms with Gasteiger partial charge in [0.15, 0.2) is 11.6 Å². The fourth-order valence-corrected chi connectivity index (χ4v) is 1.91. The van der Waals surface area contributed by atoms with E-state index in [1.807, 2.05) is 0 Å². The SMILES string of the molecule is CC(=O)c1cc(F)c(Cl)c(C(C)=O)c1Cl. The van der Waals surface area contributed by atoms with E-state index in [9.17, 15) is 14.0 Å². The number of hydrogen-bond donors (Lipinski definition) is 0. The summed E-state index contributed by atoms with van der Waals surface area (Å²) in [6, 6.07) is 0.930. The number of benzene rings is 1. The number of hydrogen-bond acceptors (Lipinski definition) is 2. The molecule has 0 atom stereocenters. The van der Waals surface area contributed by atoms with Crippen LogP contribution in [0, 0.1) is 5.82 Å². The summed E-state index contributed by atoms with van der Waals surface area (Å²) in [5.41, 5.74) is -0.188. The van der Waals surface area contributed by atoms with E-state index in [1.54, 1.807) is 0 Å². The van der Waals surface area contributed by atoms with Crippen molar-refractivity contribution in [3.05, 3.63) is 33.1 Å². The van der Waals surface area contributed by atoms with Crippen molar-refractivity contribution >= 4 is 34.8 Å². The molecule has 0 fully saturated rings. The Bertz CT molecular complexity index is 455. The van der Waals surface area contributed by atoms with E-state index in [-0.39, 0.29) is 21.2 Å². The maximum absolute atomic E-state index is 13.2. The van der Waals surface area contributed by atoms with Gasteiger partial charge in [-0.2, -0.15) is 0 Å². The zero-order chi connectivity index (χ0) is 11.7. The molecular weight excluding hydrogens is 242 g/mol. The molecule has 0 saturated heterocycles. The highest BCUT2D eigenvalue weighted by Gasteiger charge is 2.20. The van der Waals surface area contributed by atoms with E-state index in [2.05, 4.69) is 0 Å². The first-order valence-electron chi connectivity index (χ1n) is 4.05. The van der Waals surface area contributed by atoms with Crippen molar-refractivity contribution in [3.8, 4) is 0 Å². The van der Waals surface area contributed by atoms with Gasteiger partial charge >= 0.3 is 0 Å². The third-order valence-corrected chi connectivity index (χ3v) is 2.65. The lowest BCUT2D eigenvalue weighted by molar-refractivity contribution is 0.101. The number of halogens is 3. The van der Waals surface area contributed by atoms with Gasteiger partial charge in [0, 0.05) is 5.56 Å². The van der Waals surface area contributed by atoms with E-state index in [4.69, 9.17) is 23.2 Å². The Morgan fingerprint density at radius 3 is 2.07 bits per heavy atom. The smallest absolute Gasteiger partial charge is 0.162 e. The van der Waals surface area contributed by atoms with Crippen LogP contribution >= 0.6 is 23.2 Å². The fourth-order valence-electron chi connectivity index (χ4n) is 1.17. The number of Topliss-reactive ketones (excluding diaryl/α,β-unsaturated/α-hetero) is 2. The molecule has 0 aromatic heterocycles. The molecule has 0 aliphatic carbocycles.